The molecule has 0 unspecified atom stereocenters. The van der Waals surface area contributed by atoms with E-state index in [1.54, 1.807) is 0 Å². The Bertz CT molecular complexity index is 318. The van der Waals surface area contributed by atoms with Gasteiger partial charge in [0.1, 0.15) is 0 Å². The third kappa shape index (κ3) is 3.27. The molecule has 0 atom stereocenters. The maximum absolute atomic E-state index is 4.49. The summed E-state index contributed by atoms with van der Waals surface area (Å²) in [6.45, 7) is 13.4. The van der Waals surface area contributed by atoms with Crippen LogP contribution in [0.4, 0.5) is 0 Å². The molecule has 1 aromatic carbocycles. The van der Waals surface area contributed by atoms with Crippen LogP contribution in [0.3, 0.4) is 0 Å². The van der Waals surface area contributed by atoms with Crippen LogP contribution in [-0.2, 0) is 10.8 Å². The van der Waals surface area contributed by atoms with E-state index in [4.69, 9.17) is 0 Å². The molecule has 1 heteroatoms. The van der Waals surface area contributed by atoms with Gasteiger partial charge in [0.05, 0.1) is 0 Å². The Labute approximate surface area is 99.5 Å². The molecule has 0 amide bonds. The first-order valence-electron chi connectivity index (χ1n) is 5.46. The zero-order chi connectivity index (χ0) is 11.9. The summed E-state index contributed by atoms with van der Waals surface area (Å²) in [5.74, 6) is 0. The Morgan fingerprint density at radius 2 is 1.07 bits per heavy atom. The van der Waals surface area contributed by atoms with Gasteiger partial charge in [0.2, 0.25) is 0 Å². The van der Waals surface area contributed by atoms with E-state index < -0.39 is 0 Å². The second kappa shape index (κ2) is 3.86. The van der Waals surface area contributed by atoms with Gasteiger partial charge in [-0.25, -0.2) is 0 Å². The van der Waals surface area contributed by atoms with Gasteiger partial charge in [-0.3, -0.25) is 0 Å². The van der Waals surface area contributed by atoms with E-state index in [0.29, 0.717) is 0 Å². The van der Waals surface area contributed by atoms with E-state index in [1.165, 1.54) is 11.1 Å². The Kier molecular flexibility index (Phi) is 3.25. The summed E-state index contributed by atoms with van der Waals surface area (Å²) in [5, 5.41) is 0. The predicted octanol–water partition coefficient (Wildman–Crippen LogP) is 4.57. The third-order valence-corrected chi connectivity index (χ3v) is 2.91. The monoisotopic (exact) mass is 222 g/mol. The fourth-order valence-electron chi connectivity index (χ4n) is 1.48. The van der Waals surface area contributed by atoms with Crippen molar-refractivity contribution < 1.29 is 0 Å². The minimum Gasteiger partial charge on any atom is -0.143 e. The molecule has 0 radical (unpaired) electrons. The van der Waals surface area contributed by atoms with Crippen molar-refractivity contribution in [2.45, 2.75) is 57.3 Å². The summed E-state index contributed by atoms with van der Waals surface area (Å²) in [5.41, 5.74) is 3.11. The summed E-state index contributed by atoms with van der Waals surface area (Å²) in [4.78, 5) is 1.06. The minimum atomic E-state index is 0.193. The quantitative estimate of drug-likeness (QED) is 0.611. The van der Waals surface area contributed by atoms with Crippen molar-refractivity contribution in [3.8, 4) is 0 Å². The van der Waals surface area contributed by atoms with E-state index in [1.807, 2.05) is 0 Å². The van der Waals surface area contributed by atoms with Gasteiger partial charge in [0.25, 0.3) is 0 Å². The zero-order valence-electron chi connectivity index (χ0n) is 10.7. The number of rotatable bonds is 0. The van der Waals surface area contributed by atoms with E-state index >= 15 is 0 Å². The fourth-order valence-corrected chi connectivity index (χ4v) is 1.76. The van der Waals surface area contributed by atoms with Crippen LogP contribution in [0.25, 0.3) is 0 Å². The summed E-state index contributed by atoms with van der Waals surface area (Å²) in [6.07, 6.45) is 0. The maximum Gasteiger partial charge on any atom is 0.00458 e. The van der Waals surface area contributed by atoms with E-state index in [0.717, 1.165) is 4.90 Å². The molecular formula is C14H22S. The van der Waals surface area contributed by atoms with Crippen molar-refractivity contribution in [2.24, 2.45) is 0 Å². The average Bonchev–Trinajstić information content (AvgIpc) is 1.99. The lowest BCUT2D eigenvalue weighted by Crippen LogP contribution is -2.16. The van der Waals surface area contributed by atoms with E-state index in [2.05, 4.69) is 72.4 Å². The van der Waals surface area contributed by atoms with Gasteiger partial charge in [-0.2, -0.15) is 0 Å². The van der Waals surface area contributed by atoms with Crippen LogP contribution in [0.1, 0.15) is 52.7 Å². The van der Waals surface area contributed by atoms with Gasteiger partial charge in [0, 0.05) is 4.90 Å². The number of thiol groups is 1. The Balaban J connectivity index is 3.30. The van der Waals surface area contributed by atoms with Crippen LogP contribution in [0, 0.1) is 0 Å². The average molecular weight is 222 g/mol. The first-order valence-corrected chi connectivity index (χ1v) is 5.90. The summed E-state index contributed by atoms with van der Waals surface area (Å²) in [7, 11) is 0. The van der Waals surface area contributed by atoms with Gasteiger partial charge in [-0.1, -0.05) is 47.6 Å². The molecule has 0 N–H and O–H groups in total. The molecule has 0 saturated heterocycles. The highest BCUT2D eigenvalue weighted by Gasteiger charge is 2.19. The molecule has 0 saturated carbocycles. The molecule has 0 spiro atoms. The van der Waals surface area contributed by atoms with Crippen molar-refractivity contribution in [3.63, 3.8) is 0 Å². The standard InChI is InChI=1S/C14H22S/c1-13(2,3)10-7-11(14(4,5)6)9-12(15)8-10/h7-9,15H,1-6H3. The molecule has 1 rings (SSSR count). The van der Waals surface area contributed by atoms with Gasteiger partial charge in [-0.15, -0.1) is 12.6 Å². The summed E-state index contributed by atoms with van der Waals surface area (Å²) >= 11 is 4.49. The second-order valence-corrected chi connectivity index (χ2v) is 6.78. The van der Waals surface area contributed by atoms with Crippen molar-refractivity contribution in [1.82, 2.24) is 0 Å². The SMILES string of the molecule is CC(C)(C)c1cc(S)cc(C(C)(C)C)c1. The van der Waals surface area contributed by atoms with Gasteiger partial charge in [-0.05, 0) is 34.1 Å². The summed E-state index contributed by atoms with van der Waals surface area (Å²) in [6, 6.07) is 6.64. The first-order chi connectivity index (χ1) is 6.60. The molecule has 0 nitrogen and oxygen atoms in total. The molecule has 0 bridgehead atoms. The van der Waals surface area contributed by atoms with E-state index in [-0.39, 0.29) is 10.8 Å². The lowest BCUT2D eigenvalue weighted by molar-refractivity contribution is 0.566. The predicted molar refractivity (Wildman–Crippen MR) is 71.1 cm³/mol. The minimum absolute atomic E-state index is 0.193. The van der Waals surface area contributed by atoms with Crippen molar-refractivity contribution in [3.05, 3.63) is 29.3 Å². The molecule has 0 fully saturated rings. The van der Waals surface area contributed by atoms with Crippen molar-refractivity contribution in [2.75, 3.05) is 0 Å². The first kappa shape index (κ1) is 12.6. The second-order valence-electron chi connectivity index (χ2n) is 6.27. The molecule has 0 heterocycles. The largest absolute Gasteiger partial charge is 0.143 e. The molecule has 15 heavy (non-hydrogen) atoms. The number of hydrogen-bond donors (Lipinski definition) is 1. The van der Waals surface area contributed by atoms with E-state index in [9.17, 15) is 0 Å². The van der Waals surface area contributed by atoms with Crippen LogP contribution in [0.2, 0.25) is 0 Å². The number of benzene rings is 1. The molecule has 1 aromatic rings. The molecule has 0 aliphatic heterocycles. The van der Waals surface area contributed by atoms with Crippen LogP contribution >= 0.6 is 12.6 Å². The Morgan fingerprint density at radius 3 is 1.33 bits per heavy atom. The van der Waals surface area contributed by atoms with Crippen LogP contribution in [-0.4, -0.2) is 0 Å². The summed E-state index contributed by atoms with van der Waals surface area (Å²) < 4.78 is 0. The smallest absolute Gasteiger partial charge is 0.00458 e. The normalized spacial score (nSPS) is 13.0. The molecule has 0 aliphatic rings. The highest BCUT2D eigenvalue weighted by Crippen LogP contribution is 2.31. The third-order valence-electron chi connectivity index (χ3n) is 2.65. The Morgan fingerprint density at radius 1 is 0.733 bits per heavy atom. The van der Waals surface area contributed by atoms with Gasteiger partial charge < -0.3 is 0 Å². The highest BCUT2D eigenvalue weighted by atomic mass is 32.1. The lowest BCUT2D eigenvalue weighted by atomic mass is 9.81. The highest BCUT2D eigenvalue weighted by molar-refractivity contribution is 7.80. The maximum atomic E-state index is 4.49. The fraction of sp³-hybridized carbons (Fsp3) is 0.571. The van der Waals surface area contributed by atoms with Crippen molar-refractivity contribution >= 4 is 12.6 Å². The van der Waals surface area contributed by atoms with Crippen LogP contribution in [0.15, 0.2) is 23.1 Å². The van der Waals surface area contributed by atoms with Gasteiger partial charge in [0.15, 0.2) is 0 Å². The topological polar surface area (TPSA) is 0 Å². The van der Waals surface area contributed by atoms with Gasteiger partial charge >= 0.3 is 0 Å². The Hall–Kier alpha value is -0.430. The number of hydrogen-bond acceptors (Lipinski definition) is 1. The zero-order valence-corrected chi connectivity index (χ0v) is 11.6. The molecule has 0 aliphatic carbocycles. The van der Waals surface area contributed by atoms with Crippen LogP contribution in [0.5, 0.6) is 0 Å². The molecular weight excluding hydrogens is 200 g/mol. The molecule has 84 valence electrons. The van der Waals surface area contributed by atoms with Crippen LogP contribution < -0.4 is 0 Å². The lowest BCUT2D eigenvalue weighted by Gasteiger charge is -2.25. The van der Waals surface area contributed by atoms with Crippen molar-refractivity contribution in [1.29, 1.82) is 0 Å². The molecule has 0 aromatic heterocycles.